The highest BCUT2D eigenvalue weighted by atomic mass is 16.3. The first-order chi connectivity index (χ1) is 14.0. The number of quaternary nitrogens is 2. The van der Waals surface area contributed by atoms with Crippen molar-refractivity contribution in [3.8, 4) is 5.88 Å². The predicted octanol–water partition coefficient (Wildman–Crippen LogP) is 0.950. The van der Waals surface area contributed by atoms with Gasteiger partial charge in [-0.05, 0) is 24.6 Å². The van der Waals surface area contributed by atoms with Gasteiger partial charge < -0.3 is 14.9 Å². The molecule has 1 amide bonds. The van der Waals surface area contributed by atoms with Gasteiger partial charge in [-0.25, -0.2) is 0 Å². The van der Waals surface area contributed by atoms with Gasteiger partial charge in [-0.1, -0.05) is 36.4 Å². The summed E-state index contributed by atoms with van der Waals surface area (Å²) in [6.07, 6.45) is 0. The number of fused-ring (bicyclic) bond motifs is 1. The molecule has 3 aromatic rings. The highest BCUT2D eigenvalue weighted by Crippen LogP contribution is 2.38. The number of carbonyl (C=O) groups is 1. The zero-order chi connectivity index (χ0) is 20.4. The van der Waals surface area contributed by atoms with Gasteiger partial charge in [-0.15, -0.1) is 10.2 Å². The summed E-state index contributed by atoms with van der Waals surface area (Å²) in [5.74, 6) is -0.349. The molecular formula is C22H27N5O2+2. The Bertz CT molecular complexity index is 1060. The lowest BCUT2D eigenvalue weighted by atomic mass is 10.1. The van der Waals surface area contributed by atoms with E-state index in [1.165, 1.54) is 4.90 Å². The van der Waals surface area contributed by atoms with Crippen molar-refractivity contribution in [2.45, 2.75) is 13.6 Å². The van der Waals surface area contributed by atoms with Gasteiger partial charge >= 0.3 is 0 Å². The average molecular weight is 393 g/mol. The fraction of sp³-hybridized carbons (Fsp3) is 0.318. The second kappa shape index (κ2) is 8.14. The van der Waals surface area contributed by atoms with Gasteiger partial charge in [0.05, 0.1) is 12.6 Å². The van der Waals surface area contributed by atoms with E-state index in [1.807, 2.05) is 47.9 Å². The lowest BCUT2D eigenvalue weighted by Gasteiger charge is -2.27. The molecule has 1 fully saturated rings. The topological polar surface area (TPSA) is 75.8 Å². The number of aromatic hydroxyl groups is 1. The number of para-hydroxylation sites is 1. The molecule has 0 saturated carbocycles. The highest BCUT2D eigenvalue weighted by Gasteiger charge is 2.24. The standard InChI is InChI=1S/C22H25N5O2/c1-16-7-3-4-8-17(16)21(28)24-23-20-18-9-5-6-10-19(18)27(22(20)29)15-26-13-11-25(2)12-14-26/h3-10,29H,11-15H2,1-2H3/p+2. The number of amides is 1. The number of azo groups is 1. The second-order valence-corrected chi connectivity index (χ2v) is 7.80. The van der Waals surface area contributed by atoms with Crippen molar-refractivity contribution in [3.05, 3.63) is 59.7 Å². The molecule has 1 aliphatic heterocycles. The Balaban J connectivity index is 1.65. The average Bonchev–Trinajstić information content (AvgIpc) is 2.99. The van der Waals surface area contributed by atoms with Crippen LogP contribution in [0.2, 0.25) is 0 Å². The van der Waals surface area contributed by atoms with E-state index in [-0.39, 0.29) is 5.88 Å². The van der Waals surface area contributed by atoms with Crippen molar-refractivity contribution in [2.24, 2.45) is 10.2 Å². The molecule has 0 spiro atoms. The molecule has 2 aromatic carbocycles. The van der Waals surface area contributed by atoms with Crippen LogP contribution < -0.4 is 9.80 Å². The molecule has 7 nitrogen and oxygen atoms in total. The molecule has 4 rings (SSSR count). The number of hydrogen-bond donors (Lipinski definition) is 3. The number of rotatable bonds is 4. The molecule has 0 unspecified atom stereocenters. The Kier molecular flexibility index (Phi) is 5.42. The van der Waals surface area contributed by atoms with Crippen molar-refractivity contribution in [3.63, 3.8) is 0 Å². The van der Waals surface area contributed by atoms with Crippen molar-refractivity contribution >= 4 is 22.5 Å². The van der Waals surface area contributed by atoms with E-state index < -0.39 is 5.91 Å². The van der Waals surface area contributed by atoms with E-state index in [0.29, 0.717) is 17.9 Å². The van der Waals surface area contributed by atoms with Crippen LogP contribution in [0.3, 0.4) is 0 Å². The number of benzene rings is 2. The fourth-order valence-electron chi connectivity index (χ4n) is 3.90. The maximum Gasteiger partial charge on any atom is 0.295 e. The lowest BCUT2D eigenvalue weighted by molar-refractivity contribution is -1.01. The van der Waals surface area contributed by atoms with E-state index in [1.54, 1.807) is 17.0 Å². The number of nitrogens with zero attached hydrogens (tertiary/aromatic N) is 3. The van der Waals surface area contributed by atoms with Gasteiger partial charge in [-0.3, -0.25) is 9.36 Å². The van der Waals surface area contributed by atoms with Gasteiger partial charge in [0.1, 0.15) is 26.2 Å². The van der Waals surface area contributed by atoms with E-state index in [9.17, 15) is 9.90 Å². The molecule has 1 aliphatic rings. The smallest absolute Gasteiger partial charge is 0.295 e. The first-order valence-corrected chi connectivity index (χ1v) is 10.0. The monoisotopic (exact) mass is 393 g/mol. The Labute approximate surface area is 169 Å². The maximum atomic E-state index is 12.5. The van der Waals surface area contributed by atoms with Gasteiger partial charge in [0.25, 0.3) is 5.91 Å². The third kappa shape index (κ3) is 3.92. The molecule has 2 heterocycles. The van der Waals surface area contributed by atoms with Crippen LogP contribution in [0.1, 0.15) is 15.9 Å². The molecule has 150 valence electrons. The van der Waals surface area contributed by atoms with Crippen LogP contribution in [-0.4, -0.2) is 48.8 Å². The van der Waals surface area contributed by atoms with E-state index >= 15 is 0 Å². The fourth-order valence-corrected chi connectivity index (χ4v) is 3.90. The number of likely N-dealkylation sites (N-methyl/N-ethyl adjacent to an activating group) is 1. The van der Waals surface area contributed by atoms with Crippen LogP contribution in [-0.2, 0) is 6.67 Å². The predicted molar refractivity (Wildman–Crippen MR) is 111 cm³/mol. The molecule has 29 heavy (non-hydrogen) atoms. The molecule has 0 radical (unpaired) electrons. The summed E-state index contributed by atoms with van der Waals surface area (Å²) >= 11 is 0. The van der Waals surface area contributed by atoms with Crippen LogP contribution in [0.25, 0.3) is 10.9 Å². The summed E-state index contributed by atoms with van der Waals surface area (Å²) in [6, 6.07) is 15.0. The maximum absolute atomic E-state index is 12.5. The molecular weight excluding hydrogens is 366 g/mol. The largest absolute Gasteiger partial charge is 0.493 e. The molecule has 7 heteroatoms. The lowest BCUT2D eigenvalue weighted by Crippen LogP contribution is -3.26. The van der Waals surface area contributed by atoms with Gasteiger partial charge in [0.15, 0.2) is 12.4 Å². The number of nitrogens with one attached hydrogen (secondary N) is 2. The third-order valence-electron chi connectivity index (χ3n) is 5.73. The van der Waals surface area contributed by atoms with Crippen LogP contribution in [0, 0.1) is 6.92 Å². The van der Waals surface area contributed by atoms with Crippen molar-refractivity contribution in [1.82, 2.24) is 4.57 Å². The summed E-state index contributed by atoms with van der Waals surface area (Å²) in [7, 11) is 2.21. The molecule has 0 bridgehead atoms. The molecule has 1 saturated heterocycles. The molecule has 1 aromatic heterocycles. The van der Waals surface area contributed by atoms with Crippen LogP contribution in [0.5, 0.6) is 5.88 Å². The van der Waals surface area contributed by atoms with Crippen LogP contribution >= 0.6 is 0 Å². The first-order valence-electron chi connectivity index (χ1n) is 10.0. The Morgan fingerprint density at radius 3 is 2.52 bits per heavy atom. The Morgan fingerprint density at radius 1 is 1.07 bits per heavy atom. The van der Waals surface area contributed by atoms with Crippen LogP contribution in [0.4, 0.5) is 5.69 Å². The van der Waals surface area contributed by atoms with E-state index in [2.05, 4.69) is 17.3 Å². The number of aryl methyl sites for hydroxylation is 1. The zero-order valence-corrected chi connectivity index (χ0v) is 16.9. The number of carbonyl (C=O) groups excluding carboxylic acids is 1. The summed E-state index contributed by atoms with van der Waals surface area (Å²) in [4.78, 5) is 15.4. The number of piperazine rings is 1. The number of aromatic nitrogens is 1. The second-order valence-electron chi connectivity index (χ2n) is 7.80. The van der Waals surface area contributed by atoms with Gasteiger partial charge in [-0.2, -0.15) is 0 Å². The molecule has 3 N–H and O–H groups in total. The van der Waals surface area contributed by atoms with Gasteiger partial charge in [0, 0.05) is 10.9 Å². The molecule has 0 aliphatic carbocycles. The third-order valence-corrected chi connectivity index (χ3v) is 5.73. The van der Waals surface area contributed by atoms with Gasteiger partial charge in [0.2, 0.25) is 5.88 Å². The normalized spacial score (nSPS) is 19.8. The Hall–Kier alpha value is -3.03. The number of hydrogen-bond acceptors (Lipinski definition) is 3. The SMILES string of the molecule is Cc1ccccc1C(=O)N=Nc1c(O)n(C[NH+]2CC[NH+](C)CC2)c2ccccc12. The quantitative estimate of drug-likeness (QED) is 0.578. The Morgan fingerprint density at radius 2 is 1.76 bits per heavy atom. The minimum absolute atomic E-state index is 0.0614. The van der Waals surface area contributed by atoms with E-state index in [4.69, 9.17) is 0 Å². The van der Waals surface area contributed by atoms with Crippen molar-refractivity contribution in [2.75, 3.05) is 33.2 Å². The summed E-state index contributed by atoms with van der Waals surface area (Å²) < 4.78 is 1.89. The summed E-state index contributed by atoms with van der Waals surface area (Å²) in [5, 5.41) is 19.8. The van der Waals surface area contributed by atoms with E-state index in [0.717, 1.165) is 42.6 Å². The minimum atomic E-state index is -0.410. The van der Waals surface area contributed by atoms with Crippen molar-refractivity contribution < 1.29 is 19.7 Å². The summed E-state index contributed by atoms with van der Waals surface area (Å²) in [5.41, 5.74) is 2.62. The highest BCUT2D eigenvalue weighted by molar-refractivity contribution is 5.98. The molecule has 0 atom stereocenters. The van der Waals surface area contributed by atoms with Crippen LogP contribution in [0.15, 0.2) is 58.8 Å². The zero-order valence-electron chi connectivity index (χ0n) is 16.9. The van der Waals surface area contributed by atoms with Crippen molar-refractivity contribution in [1.29, 1.82) is 0 Å². The summed E-state index contributed by atoms with van der Waals surface area (Å²) in [6.45, 7) is 6.88. The minimum Gasteiger partial charge on any atom is -0.493 e. The first kappa shape index (κ1) is 19.3.